The summed E-state index contributed by atoms with van der Waals surface area (Å²) in [6.07, 6.45) is 6.81. The van der Waals surface area contributed by atoms with Gasteiger partial charge in [-0.2, -0.15) is 0 Å². The van der Waals surface area contributed by atoms with Crippen LogP contribution in [-0.2, 0) is 6.16 Å². The molecule has 0 aliphatic heterocycles. The lowest BCUT2D eigenvalue weighted by Crippen LogP contribution is -1.76. The van der Waals surface area contributed by atoms with E-state index in [1.165, 1.54) is 49.8 Å². The minimum absolute atomic E-state index is 0.135. The van der Waals surface area contributed by atoms with Crippen LogP contribution in [-0.4, -0.2) is 0 Å². The molecule has 0 radical (unpaired) electrons. The zero-order chi connectivity index (χ0) is 14.8. The Morgan fingerprint density at radius 2 is 1.38 bits per heavy atom. The predicted octanol–water partition coefficient (Wildman–Crippen LogP) is 7.77. The number of aryl methyl sites for hydroxylation is 1. The normalized spacial score (nSPS) is 11.6. The number of halogens is 2. The molecule has 0 N–H and O–H groups in total. The molecule has 0 bridgehead atoms. The highest BCUT2D eigenvalue weighted by molar-refractivity contribution is 14.1. The second kappa shape index (κ2) is 7.18. The van der Waals surface area contributed by atoms with Crippen molar-refractivity contribution in [1.29, 1.82) is 0 Å². The second-order valence-corrected chi connectivity index (χ2v) is 10.3. The third-order valence-corrected chi connectivity index (χ3v) is 8.04. The molecule has 3 rings (SSSR count). The van der Waals surface area contributed by atoms with Gasteiger partial charge in [0.2, 0.25) is 0 Å². The Labute approximate surface area is 155 Å². The lowest BCUT2D eigenvalue weighted by Gasteiger charge is -2.04. The van der Waals surface area contributed by atoms with Crippen LogP contribution in [0.25, 0.3) is 21.0 Å². The van der Waals surface area contributed by atoms with Crippen molar-refractivity contribution in [3.05, 3.63) is 43.5 Å². The topological polar surface area (TPSA) is 0 Å². The van der Waals surface area contributed by atoms with Crippen molar-refractivity contribution in [2.45, 2.75) is 38.8 Å². The third-order valence-electron chi connectivity index (χ3n) is 4.03. The highest BCUT2D eigenvalue weighted by atomic mass is 127. The van der Waals surface area contributed by atoms with Gasteiger partial charge in [0.15, 0.2) is 0 Å². The molecule has 0 aliphatic rings. The Bertz CT molecular complexity index is 714. The maximum atomic E-state index is 2.45. The summed E-state index contributed by atoms with van der Waals surface area (Å²) in [5.74, 6) is 0. The SMILES string of the molecule is CCCCCCp1c2cc(I)ccc2c2ccc(I)cc21. The van der Waals surface area contributed by atoms with Gasteiger partial charge in [0.1, 0.15) is 0 Å². The van der Waals surface area contributed by atoms with Gasteiger partial charge in [0.25, 0.3) is 0 Å². The van der Waals surface area contributed by atoms with E-state index in [1.54, 1.807) is 10.2 Å². The molecule has 0 aliphatic carbocycles. The molecule has 2 aromatic carbocycles. The van der Waals surface area contributed by atoms with Crippen molar-refractivity contribution < 1.29 is 0 Å². The maximum Gasteiger partial charge on any atom is 0.0140 e. The van der Waals surface area contributed by atoms with Crippen molar-refractivity contribution in [3.8, 4) is 0 Å². The maximum absolute atomic E-state index is 2.45. The zero-order valence-electron chi connectivity index (χ0n) is 12.2. The van der Waals surface area contributed by atoms with Gasteiger partial charge in [-0.05, 0) is 92.8 Å². The quantitative estimate of drug-likeness (QED) is 0.238. The molecule has 3 aromatic rings. The van der Waals surface area contributed by atoms with Crippen LogP contribution in [0.3, 0.4) is 0 Å². The molecule has 0 saturated carbocycles. The number of hydrogen-bond acceptors (Lipinski definition) is 0. The molecule has 0 fully saturated rings. The van der Waals surface area contributed by atoms with E-state index in [1.807, 2.05) is 0 Å². The molecule has 21 heavy (non-hydrogen) atoms. The lowest BCUT2D eigenvalue weighted by atomic mass is 10.2. The van der Waals surface area contributed by atoms with Gasteiger partial charge >= 0.3 is 0 Å². The van der Waals surface area contributed by atoms with E-state index >= 15 is 0 Å². The molecule has 0 nitrogen and oxygen atoms in total. The van der Waals surface area contributed by atoms with E-state index in [2.05, 4.69) is 88.5 Å². The highest BCUT2D eigenvalue weighted by Crippen LogP contribution is 2.51. The van der Waals surface area contributed by atoms with Gasteiger partial charge in [-0.25, -0.2) is 0 Å². The zero-order valence-corrected chi connectivity index (χ0v) is 17.4. The summed E-state index contributed by atoms with van der Waals surface area (Å²) in [6, 6.07) is 14.0. The van der Waals surface area contributed by atoms with Crippen molar-refractivity contribution in [2.75, 3.05) is 0 Å². The largest absolute Gasteiger partial charge is 0.109 e. The lowest BCUT2D eigenvalue weighted by molar-refractivity contribution is 0.690. The molecular weight excluding hydrogens is 501 g/mol. The van der Waals surface area contributed by atoms with Crippen LogP contribution in [0.2, 0.25) is 0 Å². The van der Waals surface area contributed by atoms with E-state index in [0.717, 1.165) is 0 Å². The van der Waals surface area contributed by atoms with Crippen LogP contribution in [0.4, 0.5) is 0 Å². The minimum atomic E-state index is -0.135. The second-order valence-electron chi connectivity index (χ2n) is 5.54. The van der Waals surface area contributed by atoms with Crippen molar-refractivity contribution in [3.63, 3.8) is 0 Å². The van der Waals surface area contributed by atoms with Crippen LogP contribution >= 0.6 is 52.7 Å². The van der Waals surface area contributed by atoms with Crippen LogP contribution < -0.4 is 0 Å². The van der Waals surface area contributed by atoms with Crippen LogP contribution in [0.1, 0.15) is 32.6 Å². The molecule has 110 valence electrons. The Hall–Kier alpha value is 0.200. The summed E-state index contributed by atoms with van der Waals surface area (Å²) < 4.78 is 2.74. The first-order valence-electron chi connectivity index (χ1n) is 7.57. The fourth-order valence-corrected chi connectivity index (χ4v) is 7.30. The number of fused-ring (bicyclic) bond motifs is 3. The molecule has 3 heteroatoms. The number of unbranched alkanes of at least 4 members (excludes halogenated alkanes) is 3. The van der Waals surface area contributed by atoms with Gasteiger partial charge in [-0.3, -0.25) is 0 Å². The smallest absolute Gasteiger partial charge is 0.0140 e. The summed E-state index contributed by atoms with van der Waals surface area (Å²) in [6.45, 7) is 2.29. The van der Waals surface area contributed by atoms with E-state index in [0.29, 0.717) is 0 Å². The Balaban J connectivity index is 2.12. The molecule has 0 saturated heterocycles. The standard InChI is InChI=1S/C18H19I2P/c1-2-3-4-5-10-21-17-11-13(19)6-8-15(17)16-9-7-14(20)12-18(16)21/h6-9,11-12H,2-5,10H2,1H3. The van der Waals surface area contributed by atoms with Gasteiger partial charge < -0.3 is 0 Å². The Morgan fingerprint density at radius 3 is 1.90 bits per heavy atom. The van der Waals surface area contributed by atoms with E-state index < -0.39 is 0 Å². The van der Waals surface area contributed by atoms with Gasteiger partial charge in [0, 0.05) is 17.4 Å². The fraction of sp³-hybridized carbons (Fsp3) is 0.333. The monoisotopic (exact) mass is 520 g/mol. The molecule has 1 aromatic heterocycles. The van der Waals surface area contributed by atoms with E-state index in [-0.39, 0.29) is 7.53 Å². The molecule has 1 heterocycles. The first kappa shape index (κ1) is 16.1. The van der Waals surface area contributed by atoms with Crippen LogP contribution in [0, 0.1) is 7.14 Å². The summed E-state index contributed by atoms with van der Waals surface area (Å²) in [4.78, 5) is 0. The summed E-state index contributed by atoms with van der Waals surface area (Å²) in [5, 5.41) is 6.21. The number of hydrogen-bond donors (Lipinski definition) is 0. The summed E-state index contributed by atoms with van der Waals surface area (Å²) in [5.41, 5.74) is 0. The highest BCUT2D eigenvalue weighted by Gasteiger charge is 2.12. The fourth-order valence-electron chi connectivity index (χ4n) is 2.98. The average Bonchev–Trinajstić information content (AvgIpc) is 2.76. The number of rotatable bonds is 5. The molecule has 0 amide bonds. The summed E-state index contributed by atoms with van der Waals surface area (Å²) in [7, 11) is -0.135. The van der Waals surface area contributed by atoms with Crippen LogP contribution in [0.5, 0.6) is 0 Å². The van der Waals surface area contributed by atoms with Crippen molar-refractivity contribution in [1.82, 2.24) is 0 Å². The van der Waals surface area contributed by atoms with Gasteiger partial charge in [-0.15, -0.1) is 7.53 Å². The number of benzene rings is 2. The van der Waals surface area contributed by atoms with E-state index in [4.69, 9.17) is 0 Å². The predicted molar refractivity (Wildman–Crippen MR) is 114 cm³/mol. The van der Waals surface area contributed by atoms with Gasteiger partial charge in [-0.1, -0.05) is 38.3 Å². The first-order valence-corrected chi connectivity index (χ1v) is 11.3. The Kier molecular flexibility index (Phi) is 5.50. The minimum Gasteiger partial charge on any atom is -0.109 e. The molecular formula is C18H19I2P. The average molecular weight is 520 g/mol. The molecule has 0 spiro atoms. The summed E-state index contributed by atoms with van der Waals surface area (Å²) >= 11 is 4.90. The third kappa shape index (κ3) is 3.42. The molecule has 0 atom stereocenters. The molecule has 0 unspecified atom stereocenters. The Morgan fingerprint density at radius 1 is 0.810 bits per heavy atom. The van der Waals surface area contributed by atoms with E-state index in [9.17, 15) is 0 Å². The van der Waals surface area contributed by atoms with Gasteiger partial charge in [0.05, 0.1) is 0 Å². The van der Waals surface area contributed by atoms with Crippen molar-refractivity contribution in [2.24, 2.45) is 0 Å². The van der Waals surface area contributed by atoms with Crippen LogP contribution in [0.15, 0.2) is 36.4 Å². The first-order chi connectivity index (χ1) is 10.2. The van der Waals surface area contributed by atoms with Crippen molar-refractivity contribution >= 4 is 73.7 Å².